The van der Waals surface area contributed by atoms with Crippen molar-refractivity contribution in [1.82, 2.24) is 0 Å². The Morgan fingerprint density at radius 2 is 1.94 bits per heavy atom. The summed E-state index contributed by atoms with van der Waals surface area (Å²) in [6.07, 6.45) is 0.608. The van der Waals surface area contributed by atoms with E-state index in [1.165, 1.54) is 0 Å². The molecule has 92 valence electrons. The Bertz CT molecular complexity index is 421. The van der Waals surface area contributed by atoms with E-state index in [-0.39, 0.29) is 18.2 Å². The number of ketones is 1. The highest BCUT2D eigenvalue weighted by molar-refractivity contribution is 5.99. The zero-order chi connectivity index (χ0) is 12.8. The molecule has 0 N–H and O–H groups in total. The predicted octanol–water partition coefficient (Wildman–Crippen LogP) is 2.69. The minimum absolute atomic E-state index is 0.0717. The van der Waals surface area contributed by atoms with Crippen LogP contribution in [0.1, 0.15) is 41.8 Å². The first-order chi connectivity index (χ1) is 8.10. The average molecular weight is 234 g/mol. The predicted molar refractivity (Wildman–Crippen MR) is 66.1 cm³/mol. The van der Waals surface area contributed by atoms with Gasteiger partial charge in [0.2, 0.25) is 0 Å². The molecule has 17 heavy (non-hydrogen) atoms. The standard InChI is InChI=1S/C14H18O3/c1-4-12(15)14-10(3)7-6-8-11(14)9-13(16)17-5-2/h6-8H,4-5,9H2,1-3H3. The van der Waals surface area contributed by atoms with Crippen LogP contribution in [-0.2, 0) is 16.0 Å². The zero-order valence-corrected chi connectivity index (χ0v) is 10.6. The van der Waals surface area contributed by atoms with Gasteiger partial charge in [0.15, 0.2) is 5.78 Å². The number of esters is 1. The number of carbonyl (C=O) groups is 2. The number of rotatable bonds is 5. The second kappa shape index (κ2) is 6.18. The Labute approximate surface area is 102 Å². The first kappa shape index (κ1) is 13.4. The van der Waals surface area contributed by atoms with Gasteiger partial charge in [0.05, 0.1) is 13.0 Å². The highest BCUT2D eigenvalue weighted by Gasteiger charge is 2.15. The van der Waals surface area contributed by atoms with Gasteiger partial charge in [-0.3, -0.25) is 9.59 Å². The van der Waals surface area contributed by atoms with Gasteiger partial charge >= 0.3 is 5.97 Å². The summed E-state index contributed by atoms with van der Waals surface area (Å²) in [4.78, 5) is 23.3. The van der Waals surface area contributed by atoms with Crippen molar-refractivity contribution in [2.45, 2.75) is 33.6 Å². The maximum atomic E-state index is 11.8. The maximum Gasteiger partial charge on any atom is 0.310 e. The van der Waals surface area contributed by atoms with Gasteiger partial charge in [0, 0.05) is 12.0 Å². The maximum absolute atomic E-state index is 11.8. The summed E-state index contributed by atoms with van der Waals surface area (Å²) in [7, 11) is 0. The molecule has 3 heteroatoms. The number of carbonyl (C=O) groups excluding carboxylic acids is 2. The van der Waals surface area contributed by atoms with Crippen molar-refractivity contribution in [3.8, 4) is 0 Å². The summed E-state index contributed by atoms with van der Waals surface area (Å²) in [5, 5.41) is 0. The Hall–Kier alpha value is -1.64. The first-order valence-corrected chi connectivity index (χ1v) is 5.87. The molecular formula is C14H18O3. The fourth-order valence-electron chi connectivity index (χ4n) is 1.82. The monoisotopic (exact) mass is 234 g/mol. The number of benzene rings is 1. The van der Waals surface area contributed by atoms with Gasteiger partial charge in [-0.2, -0.15) is 0 Å². The summed E-state index contributed by atoms with van der Waals surface area (Å²) in [5.74, 6) is -0.217. The van der Waals surface area contributed by atoms with Crippen molar-refractivity contribution in [3.05, 3.63) is 34.9 Å². The molecule has 0 aromatic heterocycles. The molecule has 1 rings (SSSR count). The van der Waals surface area contributed by atoms with E-state index >= 15 is 0 Å². The van der Waals surface area contributed by atoms with Crippen LogP contribution < -0.4 is 0 Å². The molecule has 0 aliphatic rings. The van der Waals surface area contributed by atoms with Crippen molar-refractivity contribution in [3.63, 3.8) is 0 Å². The lowest BCUT2D eigenvalue weighted by atomic mass is 9.95. The van der Waals surface area contributed by atoms with E-state index < -0.39 is 0 Å². The third-order valence-electron chi connectivity index (χ3n) is 2.60. The van der Waals surface area contributed by atoms with Gasteiger partial charge in [-0.1, -0.05) is 25.1 Å². The molecule has 0 bridgehead atoms. The fourth-order valence-corrected chi connectivity index (χ4v) is 1.82. The largest absolute Gasteiger partial charge is 0.466 e. The molecule has 0 aliphatic heterocycles. The van der Waals surface area contributed by atoms with Crippen LogP contribution in [-0.4, -0.2) is 18.4 Å². The van der Waals surface area contributed by atoms with E-state index in [2.05, 4.69) is 0 Å². The molecule has 0 heterocycles. The van der Waals surface area contributed by atoms with Crippen molar-refractivity contribution < 1.29 is 14.3 Å². The lowest BCUT2D eigenvalue weighted by molar-refractivity contribution is -0.142. The molecule has 3 nitrogen and oxygen atoms in total. The molecule has 0 saturated heterocycles. The van der Waals surface area contributed by atoms with E-state index in [9.17, 15) is 9.59 Å². The quantitative estimate of drug-likeness (QED) is 0.581. The Morgan fingerprint density at radius 1 is 1.24 bits per heavy atom. The van der Waals surface area contributed by atoms with Crippen LogP contribution in [0.3, 0.4) is 0 Å². The zero-order valence-electron chi connectivity index (χ0n) is 10.6. The van der Waals surface area contributed by atoms with Crippen LogP contribution in [0.15, 0.2) is 18.2 Å². The van der Waals surface area contributed by atoms with Crippen molar-refractivity contribution >= 4 is 11.8 Å². The summed E-state index contributed by atoms with van der Waals surface area (Å²) in [6, 6.07) is 5.56. The molecule has 0 saturated carbocycles. The third kappa shape index (κ3) is 3.41. The Balaban J connectivity index is 3.02. The van der Waals surface area contributed by atoms with E-state index in [0.717, 1.165) is 11.1 Å². The number of aryl methyl sites for hydroxylation is 1. The molecule has 0 fully saturated rings. The second-order valence-electron chi connectivity index (χ2n) is 3.87. The number of hydrogen-bond donors (Lipinski definition) is 0. The second-order valence-corrected chi connectivity index (χ2v) is 3.87. The van der Waals surface area contributed by atoms with Gasteiger partial charge in [-0.05, 0) is 25.0 Å². The van der Waals surface area contributed by atoms with Crippen molar-refractivity contribution in [1.29, 1.82) is 0 Å². The van der Waals surface area contributed by atoms with Crippen LogP contribution in [0.5, 0.6) is 0 Å². The van der Waals surface area contributed by atoms with Gasteiger partial charge in [0.25, 0.3) is 0 Å². The number of hydrogen-bond acceptors (Lipinski definition) is 3. The summed E-state index contributed by atoms with van der Waals surface area (Å²) in [6.45, 7) is 5.84. The summed E-state index contributed by atoms with van der Waals surface area (Å²) >= 11 is 0. The highest BCUT2D eigenvalue weighted by Crippen LogP contribution is 2.17. The molecule has 0 amide bonds. The van der Waals surface area contributed by atoms with E-state index in [1.54, 1.807) is 6.92 Å². The van der Waals surface area contributed by atoms with E-state index in [4.69, 9.17) is 4.74 Å². The van der Waals surface area contributed by atoms with E-state index in [1.807, 2.05) is 32.0 Å². The van der Waals surface area contributed by atoms with Gasteiger partial charge in [-0.15, -0.1) is 0 Å². The average Bonchev–Trinajstić information content (AvgIpc) is 2.28. The van der Waals surface area contributed by atoms with Gasteiger partial charge in [0.1, 0.15) is 0 Å². The third-order valence-corrected chi connectivity index (χ3v) is 2.60. The highest BCUT2D eigenvalue weighted by atomic mass is 16.5. The first-order valence-electron chi connectivity index (χ1n) is 5.87. The molecular weight excluding hydrogens is 216 g/mol. The topological polar surface area (TPSA) is 43.4 Å². The Kier molecular flexibility index (Phi) is 4.88. The van der Waals surface area contributed by atoms with Crippen LogP contribution in [0, 0.1) is 6.92 Å². The van der Waals surface area contributed by atoms with Crippen molar-refractivity contribution in [2.75, 3.05) is 6.61 Å². The Morgan fingerprint density at radius 3 is 2.53 bits per heavy atom. The molecule has 0 aliphatic carbocycles. The van der Waals surface area contributed by atoms with Crippen molar-refractivity contribution in [2.24, 2.45) is 0 Å². The molecule has 0 unspecified atom stereocenters. The van der Waals surface area contributed by atoms with Gasteiger partial charge in [-0.25, -0.2) is 0 Å². The number of ether oxygens (including phenoxy) is 1. The lowest BCUT2D eigenvalue weighted by Gasteiger charge is -2.10. The summed E-state index contributed by atoms with van der Waals surface area (Å²) in [5.41, 5.74) is 2.34. The van der Waals surface area contributed by atoms with Gasteiger partial charge < -0.3 is 4.74 Å². The van der Waals surface area contributed by atoms with E-state index in [0.29, 0.717) is 18.6 Å². The fraction of sp³-hybridized carbons (Fsp3) is 0.429. The smallest absolute Gasteiger partial charge is 0.310 e. The number of Topliss-reactive ketones (excluding diaryl/α,β-unsaturated/α-hetero) is 1. The molecule has 1 aromatic carbocycles. The molecule has 0 radical (unpaired) electrons. The van der Waals surface area contributed by atoms with Crippen LogP contribution in [0.2, 0.25) is 0 Å². The lowest BCUT2D eigenvalue weighted by Crippen LogP contribution is -2.12. The molecule has 1 aromatic rings. The minimum Gasteiger partial charge on any atom is -0.466 e. The normalized spacial score (nSPS) is 10.1. The van der Waals surface area contributed by atoms with Crippen LogP contribution in [0.25, 0.3) is 0 Å². The molecule has 0 atom stereocenters. The molecule has 0 spiro atoms. The van der Waals surface area contributed by atoms with Crippen LogP contribution >= 0.6 is 0 Å². The SMILES string of the molecule is CCOC(=O)Cc1cccc(C)c1C(=O)CC. The minimum atomic E-state index is -0.289. The van der Waals surface area contributed by atoms with Crippen LogP contribution in [0.4, 0.5) is 0 Å². The summed E-state index contributed by atoms with van der Waals surface area (Å²) < 4.78 is 4.90.